The molecule has 0 aliphatic carbocycles. The van der Waals surface area contributed by atoms with Crippen molar-refractivity contribution in [2.45, 2.75) is 77.9 Å². The van der Waals surface area contributed by atoms with Crippen molar-refractivity contribution in [1.82, 2.24) is 19.6 Å². The van der Waals surface area contributed by atoms with Gasteiger partial charge in [0.05, 0.1) is 23.9 Å². The second kappa shape index (κ2) is 17.0. The molecule has 51 heavy (non-hydrogen) atoms. The zero-order valence-electron chi connectivity index (χ0n) is 30.3. The van der Waals surface area contributed by atoms with E-state index in [1.807, 2.05) is 48.2 Å². The summed E-state index contributed by atoms with van der Waals surface area (Å²) in [5.41, 5.74) is 6.81. The van der Waals surface area contributed by atoms with Gasteiger partial charge in [-0.2, -0.15) is 5.10 Å². The van der Waals surface area contributed by atoms with E-state index in [-0.39, 0.29) is 24.5 Å². The Morgan fingerprint density at radius 2 is 1.65 bits per heavy atom. The summed E-state index contributed by atoms with van der Waals surface area (Å²) in [5.74, 6) is -0.231. The predicted molar refractivity (Wildman–Crippen MR) is 210 cm³/mol. The van der Waals surface area contributed by atoms with E-state index in [4.69, 9.17) is 5.10 Å². The maximum atomic E-state index is 14.6. The number of amides is 2. The second-order valence-corrected chi connectivity index (χ2v) is 15.3. The number of aromatic nitrogens is 2. The smallest absolute Gasteiger partial charge is 0.274 e. The molecule has 6 rings (SSSR count). The van der Waals surface area contributed by atoms with Gasteiger partial charge in [0.15, 0.2) is 5.69 Å². The van der Waals surface area contributed by atoms with Crippen LogP contribution in [-0.4, -0.2) is 71.9 Å². The zero-order chi connectivity index (χ0) is 35.7. The first-order chi connectivity index (χ1) is 24.9. The molecule has 266 valence electrons. The van der Waals surface area contributed by atoms with Crippen LogP contribution in [-0.2, 0) is 19.4 Å². The Morgan fingerprint density at radius 1 is 0.922 bits per heavy atom. The van der Waals surface area contributed by atoms with E-state index in [9.17, 15) is 14.7 Å². The Kier molecular flexibility index (Phi) is 12.0. The number of anilines is 1. The molecule has 5 aromatic rings. The molecule has 2 amide bonds. The monoisotopic (exact) mass is 701 g/mol. The number of nitrogens with zero attached hydrogens (tertiary/aromatic N) is 4. The Labute approximate surface area is 304 Å². The van der Waals surface area contributed by atoms with Crippen molar-refractivity contribution in [3.8, 4) is 5.69 Å². The molecule has 4 aromatic carbocycles. The van der Waals surface area contributed by atoms with Gasteiger partial charge in [0, 0.05) is 31.0 Å². The van der Waals surface area contributed by atoms with Gasteiger partial charge in [0.2, 0.25) is 0 Å². The molecule has 9 heteroatoms. The summed E-state index contributed by atoms with van der Waals surface area (Å²) in [6, 6.07) is 31.6. The van der Waals surface area contributed by atoms with Crippen LogP contribution in [0, 0.1) is 6.92 Å². The number of carbonyl (C=O) groups is 2. The van der Waals surface area contributed by atoms with Gasteiger partial charge in [-0.1, -0.05) is 93.4 Å². The average molecular weight is 702 g/mol. The van der Waals surface area contributed by atoms with Crippen LogP contribution < -0.4 is 4.98 Å². The highest BCUT2D eigenvalue weighted by Gasteiger charge is 2.32. The summed E-state index contributed by atoms with van der Waals surface area (Å²) in [6.45, 7) is 7.90. The number of carbonyl (C=O) groups excluding carboxylic acids is 2. The van der Waals surface area contributed by atoms with Crippen LogP contribution in [0.3, 0.4) is 0 Å². The minimum Gasteiger partial charge on any atom is -0.416 e. The highest BCUT2D eigenvalue weighted by Crippen LogP contribution is 2.29. The molecule has 1 aliphatic rings. The summed E-state index contributed by atoms with van der Waals surface area (Å²) >= 11 is 0. The third-order valence-corrected chi connectivity index (χ3v) is 11.4. The lowest BCUT2D eigenvalue weighted by Gasteiger charge is -2.36. The van der Waals surface area contributed by atoms with Gasteiger partial charge in [-0.15, -0.1) is 0 Å². The quantitative estimate of drug-likeness (QED) is 0.0899. The fourth-order valence-corrected chi connectivity index (χ4v) is 8.41. The number of aliphatic hydroxyl groups excluding tert-OH is 1. The highest BCUT2D eigenvalue weighted by atomic mass is 28.2. The van der Waals surface area contributed by atoms with Crippen molar-refractivity contribution < 1.29 is 14.7 Å². The Morgan fingerprint density at radius 3 is 2.41 bits per heavy atom. The molecule has 0 fully saturated rings. The molecule has 0 spiro atoms. The maximum Gasteiger partial charge on any atom is 0.274 e. The molecule has 0 radical (unpaired) electrons. The number of unbranched alkanes of at least 4 members (excludes halogenated alkanes) is 2. The normalized spacial score (nSPS) is 14.3. The van der Waals surface area contributed by atoms with Crippen molar-refractivity contribution in [3.63, 3.8) is 0 Å². The van der Waals surface area contributed by atoms with Gasteiger partial charge < -0.3 is 19.9 Å². The first kappa shape index (κ1) is 36.1. The van der Waals surface area contributed by atoms with Gasteiger partial charge in [-0.3, -0.25) is 9.59 Å². The molecular weight excluding hydrogens is 651 g/mol. The number of hydrogen-bond donors (Lipinski definition) is 2. The van der Waals surface area contributed by atoms with E-state index >= 15 is 0 Å². The number of rotatable bonds is 15. The van der Waals surface area contributed by atoms with Gasteiger partial charge >= 0.3 is 0 Å². The van der Waals surface area contributed by atoms with E-state index < -0.39 is 9.68 Å². The van der Waals surface area contributed by atoms with Crippen LogP contribution in [0.25, 0.3) is 16.5 Å². The molecule has 0 saturated carbocycles. The third kappa shape index (κ3) is 8.26. The van der Waals surface area contributed by atoms with Gasteiger partial charge in [-0.25, -0.2) is 4.68 Å². The van der Waals surface area contributed by atoms with Crippen molar-refractivity contribution >= 4 is 38.0 Å². The summed E-state index contributed by atoms with van der Waals surface area (Å²) in [4.78, 5) is 35.8. The van der Waals surface area contributed by atoms with Crippen molar-refractivity contribution in [2.24, 2.45) is 0 Å². The average Bonchev–Trinajstić information content (AvgIpc) is 3.56. The van der Waals surface area contributed by atoms with Gasteiger partial charge in [-0.05, 0) is 90.4 Å². The topological polar surface area (TPSA) is 90.7 Å². The summed E-state index contributed by atoms with van der Waals surface area (Å²) in [5, 5.41) is 17.9. The molecule has 1 atom stereocenters. The number of fused-ring (bicyclic) bond motifs is 2. The molecular formula is C42H51N5O3Si. The first-order valence-corrected chi connectivity index (χ1v) is 20.3. The van der Waals surface area contributed by atoms with Crippen LogP contribution in [0.2, 0.25) is 6.04 Å². The lowest BCUT2D eigenvalue weighted by molar-refractivity contribution is 0.0544. The molecule has 0 bridgehead atoms. The van der Waals surface area contributed by atoms with Crippen LogP contribution in [0.15, 0.2) is 91.0 Å². The van der Waals surface area contributed by atoms with E-state index in [0.29, 0.717) is 43.0 Å². The Bertz CT molecular complexity index is 1960. The van der Waals surface area contributed by atoms with E-state index in [2.05, 4.69) is 73.4 Å². The van der Waals surface area contributed by atoms with Gasteiger partial charge in [0.1, 0.15) is 9.68 Å². The minimum absolute atomic E-state index is 0.0740. The van der Waals surface area contributed by atoms with E-state index in [1.165, 1.54) is 16.3 Å². The molecule has 2 N–H and O–H groups in total. The maximum absolute atomic E-state index is 14.6. The summed E-state index contributed by atoms with van der Waals surface area (Å²) in [7, 11) is -0.715. The van der Waals surface area contributed by atoms with Gasteiger partial charge in [0.25, 0.3) is 11.8 Å². The number of nitrogens with one attached hydrogen (secondary N) is 1. The number of aliphatic hydroxyl groups is 1. The molecule has 2 heterocycles. The van der Waals surface area contributed by atoms with E-state index in [0.717, 1.165) is 60.7 Å². The first-order valence-electron chi connectivity index (χ1n) is 18.6. The molecule has 1 aromatic heterocycles. The molecule has 8 nitrogen and oxygen atoms in total. The lowest BCUT2D eigenvalue weighted by Crippen LogP contribution is -2.46. The van der Waals surface area contributed by atoms with Crippen LogP contribution >= 0.6 is 0 Å². The van der Waals surface area contributed by atoms with Crippen LogP contribution in [0.5, 0.6) is 0 Å². The van der Waals surface area contributed by atoms with Crippen molar-refractivity contribution in [2.75, 3.05) is 24.7 Å². The Hall–Kier alpha value is -4.73. The number of benzene rings is 4. The lowest BCUT2D eigenvalue weighted by atomic mass is 9.93. The zero-order valence-corrected chi connectivity index (χ0v) is 31.7. The standard InChI is InChI=1S/C42H51N5O3Si/c1-4-6-22-45(23-7-5-2)42(50)39-25-30(3)47(43-39)40-20-19-35(44-51-24-21-32-17-12-16-31-13-10-11-18-37(31)32)27-38(40)41(49)46-28-34-15-9-8-14-33(34)26-36(46)29-48/h8-20,25,27,36,44,48H,4-7,21-24,26,28-29,51H2,1-3H3. The SMILES string of the molecule is CCCCN(CCCC)C(=O)c1cc(C)n(-c2ccc(N[SiH2]CCc3cccc4ccccc34)cc2C(=O)N2Cc3ccccc3CC2CO)n1. The third-order valence-electron chi connectivity index (χ3n) is 10.1. The van der Waals surface area contributed by atoms with E-state index in [1.54, 1.807) is 9.58 Å². The minimum atomic E-state index is -0.715. The fraction of sp³-hybridized carbons (Fsp3) is 0.357. The molecule has 1 unspecified atom stereocenters. The predicted octanol–water partition coefficient (Wildman–Crippen LogP) is 7.09. The fourth-order valence-electron chi connectivity index (χ4n) is 7.16. The molecule has 0 saturated heterocycles. The second-order valence-electron chi connectivity index (χ2n) is 13.7. The van der Waals surface area contributed by atoms with Crippen LogP contribution in [0.4, 0.5) is 5.69 Å². The summed E-state index contributed by atoms with van der Waals surface area (Å²) < 4.78 is 1.74. The highest BCUT2D eigenvalue weighted by molar-refractivity contribution is 6.40. The molecule has 1 aliphatic heterocycles. The van der Waals surface area contributed by atoms with Crippen molar-refractivity contribution in [3.05, 3.63) is 125 Å². The number of aryl methyl sites for hydroxylation is 2. The Balaban J connectivity index is 1.29. The largest absolute Gasteiger partial charge is 0.416 e. The number of hydrogen-bond acceptors (Lipinski definition) is 5. The van der Waals surface area contributed by atoms with Crippen molar-refractivity contribution in [1.29, 1.82) is 0 Å². The summed E-state index contributed by atoms with van der Waals surface area (Å²) in [6.07, 6.45) is 5.50. The van der Waals surface area contributed by atoms with Crippen LogP contribution in [0.1, 0.15) is 82.8 Å².